The van der Waals surface area contributed by atoms with Gasteiger partial charge in [-0.2, -0.15) is 0 Å². The standard InChI is InChI=1S/C15H17NO4S/c1-3-4-8-20-13-10(6-5-7-12(13)19-2)14-16-11(9-21-14)15(17)18/h5-7,9H,3-4,8H2,1-2H3,(H,17,18). The number of aromatic carboxylic acids is 1. The number of benzene rings is 1. The Morgan fingerprint density at radius 3 is 2.86 bits per heavy atom. The average Bonchev–Trinajstić information content (AvgIpc) is 2.97. The molecule has 0 radical (unpaired) electrons. The number of unbranched alkanes of at least 4 members (excludes halogenated alkanes) is 1. The number of carboxylic acids is 1. The number of methoxy groups -OCH3 is 1. The fourth-order valence-electron chi connectivity index (χ4n) is 1.81. The summed E-state index contributed by atoms with van der Waals surface area (Å²) < 4.78 is 11.1. The summed E-state index contributed by atoms with van der Waals surface area (Å²) in [7, 11) is 1.58. The van der Waals surface area contributed by atoms with Gasteiger partial charge < -0.3 is 14.6 Å². The van der Waals surface area contributed by atoms with E-state index in [0.29, 0.717) is 23.1 Å². The van der Waals surface area contributed by atoms with Gasteiger partial charge in [-0.05, 0) is 18.6 Å². The second-order valence-electron chi connectivity index (χ2n) is 4.38. The monoisotopic (exact) mass is 307 g/mol. The first kappa shape index (κ1) is 15.3. The Labute approximate surface area is 127 Å². The van der Waals surface area contributed by atoms with Gasteiger partial charge in [0.05, 0.1) is 19.3 Å². The van der Waals surface area contributed by atoms with Crippen LogP contribution in [0.3, 0.4) is 0 Å². The van der Waals surface area contributed by atoms with Crippen LogP contribution in [0.4, 0.5) is 0 Å². The van der Waals surface area contributed by atoms with Gasteiger partial charge in [0.1, 0.15) is 5.01 Å². The molecule has 0 unspecified atom stereocenters. The van der Waals surface area contributed by atoms with Crippen LogP contribution in [-0.2, 0) is 0 Å². The Morgan fingerprint density at radius 2 is 2.24 bits per heavy atom. The highest BCUT2D eigenvalue weighted by Crippen LogP contribution is 2.39. The number of hydrogen-bond donors (Lipinski definition) is 1. The van der Waals surface area contributed by atoms with Crippen LogP contribution in [0.15, 0.2) is 23.6 Å². The van der Waals surface area contributed by atoms with E-state index in [1.807, 2.05) is 18.2 Å². The molecule has 2 rings (SSSR count). The number of aromatic nitrogens is 1. The Balaban J connectivity index is 2.38. The Kier molecular flexibility index (Phi) is 5.16. The van der Waals surface area contributed by atoms with Crippen LogP contribution >= 0.6 is 11.3 Å². The maximum absolute atomic E-state index is 11.0. The minimum atomic E-state index is -1.03. The number of nitrogens with zero attached hydrogens (tertiary/aromatic N) is 1. The van der Waals surface area contributed by atoms with Gasteiger partial charge in [-0.25, -0.2) is 9.78 Å². The maximum Gasteiger partial charge on any atom is 0.355 e. The topological polar surface area (TPSA) is 68.7 Å². The van der Waals surface area contributed by atoms with Gasteiger partial charge in [-0.15, -0.1) is 11.3 Å². The van der Waals surface area contributed by atoms with Crippen LogP contribution in [0.1, 0.15) is 30.3 Å². The minimum absolute atomic E-state index is 0.0392. The van der Waals surface area contributed by atoms with E-state index in [4.69, 9.17) is 14.6 Å². The van der Waals surface area contributed by atoms with Crippen LogP contribution in [-0.4, -0.2) is 29.8 Å². The Hall–Kier alpha value is -2.08. The van der Waals surface area contributed by atoms with Crippen molar-refractivity contribution in [1.82, 2.24) is 4.98 Å². The molecule has 0 aliphatic rings. The third-order valence-electron chi connectivity index (χ3n) is 2.90. The molecule has 0 saturated carbocycles. The quantitative estimate of drug-likeness (QED) is 0.790. The molecule has 5 nitrogen and oxygen atoms in total. The molecule has 1 aromatic heterocycles. The van der Waals surface area contributed by atoms with E-state index < -0.39 is 5.97 Å². The summed E-state index contributed by atoms with van der Waals surface area (Å²) in [5, 5.41) is 11.1. The first-order valence-corrected chi connectivity index (χ1v) is 7.54. The number of carboxylic acid groups (broad SMARTS) is 1. The molecule has 0 saturated heterocycles. The summed E-state index contributed by atoms with van der Waals surface area (Å²) in [5.74, 6) is 0.198. The number of hydrogen-bond acceptors (Lipinski definition) is 5. The fourth-order valence-corrected chi connectivity index (χ4v) is 2.62. The molecule has 2 aromatic rings. The molecule has 112 valence electrons. The molecular formula is C15H17NO4S. The number of carbonyl (C=O) groups is 1. The van der Waals surface area contributed by atoms with Gasteiger partial charge in [0.25, 0.3) is 0 Å². The normalized spacial score (nSPS) is 10.4. The van der Waals surface area contributed by atoms with Crippen LogP contribution in [0, 0.1) is 0 Å². The van der Waals surface area contributed by atoms with E-state index in [2.05, 4.69) is 11.9 Å². The molecule has 0 amide bonds. The highest BCUT2D eigenvalue weighted by Gasteiger charge is 2.17. The summed E-state index contributed by atoms with van der Waals surface area (Å²) in [4.78, 5) is 15.1. The van der Waals surface area contributed by atoms with Crippen molar-refractivity contribution in [1.29, 1.82) is 0 Å². The van der Waals surface area contributed by atoms with Gasteiger partial charge in [0.2, 0.25) is 0 Å². The summed E-state index contributed by atoms with van der Waals surface area (Å²) in [6, 6.07) is 5.51. The van der Waals surface area contributed by atoms with E-state index in [1.165, 1.54) is 16.7 Å². The minimum Gasteiger partial charge on any atom is -0.493 e. The molecule has 21 heavy (non-hydrogen) atoms. The smallest absolute Gasteiger partial charge is 0.355 e. The fraction of sp³-hybridized carbons (Fsp3) is 0.333. The van der Waals surface area contributed by atoms with E-state index in [0.717, 1.165) is 18.4 Å². The van der Waals surface area contributed by atoms with Gasteiger partial charge in [0.15, 0.2) is 17.2 Å². The maximum atomic E-state index is 11.0. The van der Waals surface area contributed by atoms with Crippen molar-refractivity contribution in [2.24, 2.45) is 0 Å². The van der Waals surface area contributed by atoms with Crippen LogP contribution in [0.25, 0.3) is 10.6 Å². The molecule has 0 atom stereocenters. The molecule has 0 aliphatic heterocycles. The molecule has 0 spiro atoms. The van der Waals surface area contributed by atoms with Crippen LogP contribution in [0.5, 0.6) is 11.5 Å². The zero-order valence-electron chi connectivity index (χ0n) is 12.0. The Morgan fingerprint density at radius 1 is 1.43 bits per heavy atom. The number of ether oxygens (including phenoxy) is 2. The molecule has 0 bridgehead atoms. The molecule has 0 aliphatic carbocycles. The van der Waals surface area contributed by atoms with Crippen molar-refractivity contribution in [3.05, 3.63) is 29.3 Å². The number of rotatable bonds is 7. The van der Waals surface area contributed by atoms with E-state index in [-0.39, 0.29) is 5.69 Å². The lowest BCUT2D eigenvalue weighted by molar-refractivity contribution is 0.0691. The summed E-state index contributed by atoms with van der Waals surface area (Å²) in [6.45, 7) is 2.67. The first-order valence-electron chi connectivity index (χ1n) is 6.66. The predicted molar refractivity (Wildman–Crippen MR) is 81.5 cm³/mol. The van der Waals surface area contributed by atoms with Crippen molar-refractivity contribution < 1.29 is 19.4 Å². The third-order valence-corrected chi connectivity index (χ3v) is 3.77. The van der Waals surface area contributed by atoms with E-state index in [9.17, 15) is 4.79 Å². The van der Waals surface area contributed by atoms with Crippen molar-refractivity contribution in [3.63, 3.8) is 0 Å². The highest BCUT2D eigenvalue weighted by atomic mass is 32.1. The SMILES string of the molecule is CCCCOc1c(OC)cccc1-c1nc(C(=O)O)cs1. The van der Waals surface area contributed by atoms with E-state index >= 15 is 0 Å². The number of thiazole rings is 1. The molecule has 1 aromatic carbocycles. The second kappa shape index (κ2) is 7.08. The summed E-state index contributed by atoms with van der Waals surface area (Å²) in [6.07, 6.45) is 1.97. The zero-order chi connectivity index (χ0) is 15.2. The number of para-hydroxylation sites is 1. The highest BCUT2D eigenvalue weighted by molar-refractivity contribution is 7.13. The van der Waals surface area contributed by atoms with Crippen LogP contribution in [0.2, 0.25) is 0 Å². The van der Waals surface area contributed by atoms with Gasteiger partial charge in [0, 0.05) is 5.38 Å². The molecular weight excluding hydrogens is 290 g/mol. The van der Waals surface area contributed by atoms with Crippen molar-refractivity contribution in [3.8, 4) is 22.1 Å². The molecule has 1 N–H and O–H groups in total. The zero-order valence-corrected chi connectivity index (χ0v) is 12.8. The summed E-state index contributed by atoms with van der Waals surface area (Å²) in [5.41, 5.74) is 0.792. The van der Waals surface area contributed by atoms with Crippen LogP contribution < -0.4 is 9.47 Å². The third kappa shape index (κ3) is 3.52. The second-order valence-corrected chi connectivity index (χ2v) is 5.24. The van der Waals surface area contributed by atoms with Gasteiger partial charge in [-0.3, -0.25) is 0 Å². The van der Waals surface area contributed by atoms with Gasteiger partial charge >= 0.3 is 5.97 Å². The predicted octanol–water partition coefficient (Wildman–Crippen LogP) is 3.70. The largest absolute Gasteiger partial charge is 0.493 e. The average molecular weight is 307 g/mol. The Bertz CT molecular complexity index is 624. The molecule has 6 heteroatoms. The van der Waals surface area contributed by atoms with Crippen molar-refractivity contribution in [2.45, 2.75) is 19.8 Å². The van der Waals surface area contributed by atoms with Gasteiger partial charge in [-0.1, -0.05) is 19.4 Å². The lowest BCUT2D eigenvalue weighted by Crippen LogP contribution is -2.01. The lowest BCUT2D eigenvalue weighted by Gasteiger charge is -2.13. The molecule has 0 fully saturated rings. The first-order chi connectivity index (χ1) is 10.2. The van der Waals surface area contributed by atoms with E-state index in [1.54, 1.807) is 7.11 Å². The van der Waals surface area contributed by atoms with Crippen molar-refractivity contribution >= 4 is 17.3 Å². The summed E-state index contributed by atoms with van der Waals surface area (Å²) >= 11 is 1.28. The molecule has 1 heterocycles. The lowest BCUT2D eigenvalue weighted by atomic mass is 10.2. The van der Waals surface area contributed by atoms with Crippen molar-refractivity contribution in [2.75, 3.05) is 13.7 Å².